The number of carbonyl (C=O) groups excluding carboxylic acids is 2. The second-order valence-corrected chi connectivity index (χ2v) is 6.97. The van der Waals surface area contributed by atoms with Crippen LogP contribution >= 0.6 is 7.92 Å². The van der Waals surface area contributed by atoms with Crippen molar-refractivity contribution in [2.45, 2.75) is 13.8 Å². The number of hydrogen-bond acceptors (Lipinski definition) is 2. The van der Waals surface area contributed by atoms with Gasteiger partial charge in [0.15, 0.2) is 0 Å². The van der Waals surface area contributed by atoms with Crippen molar-refractivity contribution in [1.82, 2.24) is 0 Å². The smallest absolute Gasteiger partial charge is 0.542 e. The molecule has 4 heteroatoms. The number of rotatable bonds is 3. The molecule has 0 atom stereocenters. The number of hydrogen-bond donors (Lipinski definition) is 0. The molecule has 0 heterocycles. The molecule has 0 aliphatic rings. The van der Waals surface area contributed by atoms with Gasteiger partial charge in [-0.15, -0.1) is 0 Å². The van der Waals surface area contributed by atoms with Crippen molar-refractivity contribution < 1.29 is 26.1 Å². The van der Waals surface area contributed by atoms with Gasteiger partial charge >= 0.3 is 16.5 Å². The van der Waals surface area contributed by atoms with Gasteiger partial charge in [-0.05, 0) is 23.8 Å². The average molecular weight is 407 g/mol. The van der Waals surface area contributed by atoms with E-state index in [1.54, 1.807) is 0 Å². The van der Waals surface area contributed by atoms with E-state index in [-0.39, 0.29) is 16.5 Å². The minimum Gasteiger partial charge on any atom is -0.542 e. The van der Waals surface area contributed by atoms with Gasteiger partial charge in [-0.25, -0.2) is 0 Å². The van der Waals surface area contributed by atoms with Gasteiger partial charge in [-0.2, -0.15) is 13.8 Å². The van der Waals surface area contributed by atoms with E-state index in [1.807, 2.05) is 0 Å². The quantitative estimate of drug-likeness (QED) is 0.377. The zero-order valence-corrected chi connectivity index (χ0v) is 16.6. The van der Waals surface area contributed by atoms with Crippen LogP contribution in [0.5, 0.6) is 0 Å². The van der Waals surface area contributed by atoms with E-state index in [0.717, 1.165) is 0 Å². The van der Waals surface area contributed by atoms with E-state index >= 15 is 0 Å². The molecule has 0 amide bonds. The molecule has 0 spiro atoms. The van der Waals surface area contributed by atoms with Crippen LogP contribution in [0.1, 0.15) is 13.8 Å². The molecule has 0 saturated heterocycles. The SMILES string of the molecule is C[C-]=O.C[C-]=O.[Ni+2].c1ccc(P(c2ccccc2)c2ccccc2)cc1. The van der Waals surface area contributed by atoms with Crippen molar-refractivity contribution in [1.29, 1.82) is 0 Å². The minimum atomic E-state index is -0.446. The Morgan fingerprint density at radius 1 is 0.538 bits per heavy atom. The molecule has 2 nitrogen and oxygen atoms in total. The summed E-state index contributed by atoms with van der Waals surface area (Å²) in [7, 11) is -0.446. The fourth-order valence-corrected chi connectivity index (χ4v) is 4.48. The third-order valence-electron chi connectivity index (χ3n) is 3.04. The van der Waals surface area contributed by atoms with E-state index in [0.29, 0.717) is 0 Å². The molecule has 3 aromatic rings. The van der Waals surface area contributed by atoms with Crippen LogP contribution in [0.3, 0.4) is 0 Å². The van der Waals surface area contributed by atoms with Gasteiger partial charge in [0.25, 0.3) is 0 Å². The first-order chi connectivity index (χ1) is 12.3. The first-order valence-electron chi connectivity index (χ1n) is 7.81. The Kier molecular flexibility index (Phi) is 14.0. The first-order valence-corrected chi connectivity index (χ1v) is 9.15. The van der Waals surface area contributed by atoms with Gasteiger partial charge in [0.1, 0.15) is 0 Å². The Morgan fingerprint density at radius 3 is 0.923 bits per heavy atom. The van der Waals surface area contributed by atoms with Gasteiger partial charge in [0.2, 0.25) is 0 Å². The van der Waals surface area contributed by atoms with Crippen molar-refractivity contribution in [2.75, 3.05) is 0 Å². The molecule has 0 unspecified atom stereocenters. The molecular weight excluding hydrogens is 386 g/mol. The summed E-state index contributed by atoms with van der Waals surface area (Å²) in [5, 5.41) is 4.19. The van der Waals surface area contributed by atoms with E-state index in [4.69, 9.17) is 9.59 Å². The van der Waals surface area contributed by atoms with Crippen molar-refractivity contribution in [3.8, 4) is 0 Å². The third-order valence-corrected chi connectivity index (χ3v) is 5.49. The maximum Gasteiger partial charge on any atom is 2.00 e. The molecule has 0 radical (unpaired) electrons. The summed E-state index contributed by atoms with van der Waals surface area (Å²) >= 11 is 0. The maximum absolute atomic E-state index is 8.68. The molecular formula is C22H21NiO2P. The van der Waals surface area contributed by atoms with Gasteiger partial charge in [0, 0.05) is 0 Å². The fraction of sp³-hybridized carbons (Fsp3) is 0.0909. The van der Waals surface area contributed by atoms with E-state index < -0.39 is 7.92 Å². The van der Waals surface area contributed by atoms with Crippen LogP contribution in [0.15, 0.2) is 91.0 Å². The van der Waals surface area contributed by atoms with Gasteiger partial charge < -0.3 is 9.59 Å². The largest absolute Gasteiger partial charge is 2.00 e. The average Bonchev–Trinajstić information content (AvgIpc) is 2.66. The Hall–Kier alpha value is -2.08. The molecule has 0 bridgehead atoms. The van der Waals surface area contributed by atoms with Crippen LogP contribution < -0.4 is 15.9 Å². The fourth-order valence-electron chi connectivity index (χ4n) is 2.18. The summed E-state index contributed by atoms with van der Waals surface area (Å²) in [5.41, 5.74) is 0. The molecule has 0 aliphatic heterocycles. The summed E-state index contributed by atoms with van der Waals surface area (Å²) in [6.07, 6.45) is 3.00. The van der Waals surface area contributed by atoms with Crippen molar-refractivity contribution in [2.24, 2.45) is 0 Å². The van der Waals surface area contributed by atoms with Gasteiger partial charge in [0.05, 0.1) is 0 Å². The summed E-state index contributed by atoms with van der Waals surface area (Å²) in [5.74, 6) is 0. The van der Waals surface area contributed by atoms with Crippen LogP contribution in [0.25, 0.3) is 0 Å². The molecule has 0 aromatic heterocycles. The molecule has 0 fully saturated rings. The third kappa shape index (κ3) is 8.34. The van der Waals surface area contributed by atoms with Crippen LogP contribution in [-0.4, -0.2) is 12.6 Å². The van der Waals surface area contributed by atoms with Crippen molar-refractivity contribution >= 4 is 36.4 Å². The topological polar surface area (TPSA) is 34.1 Å². The summed E-state index contributed by atoms with van der Waals surface area (Å²) < 4.78 is 0. The van der Waals surface area contributed by atoms with Crippen LogP contribution in [0, 0.1) is 0 Å². The standard InChI is InChI=1S/C18H15P.2C2H3O.Ni/c1-4-10-16(11-5-1)19(17-12-6-2-7-13-17)18-14-8-3-9-15-18;2*1-2-3;/h1-15H;2*1H3;/q;2*-1;+2. The predicted molar refractivity (Wildman–Crippen MR) is 108 cm³/mol. The van der Waals surface area contributed by atoms with Crippen LogP contribution in [0.2, 0.25) is 0 Å². The van der Waals surface area contributed by atoms with E-state index in [1.165, 1.54) is 42.3 Å². The summed E-state index contributed by atoms with van der Waals surface area (Å²) in [6, 6.07) is 32.3. The zero-order valence-electron chi connectivity index (χ0n) is 14.7. The van der Waals surface area contributed by atoms with E-state index in [2.05, 4.69) is 91.0 Å². The van der Waals surface area contributed by atoms with Crippen LogP contribution in [-0.2, 0) is 26.1 Å². The molecule has 136 valence electrons. The monoisotopic (exact) mass is 406 g/mol. The minimum absolute atomic E-state index is 0. The molecule has 0 saturated carbocycles. The maximum atomic E-state index is 8.68. The normalized spacial score (nSPS) is 8.73. The second-order valence-electron chi connectivity index (χ2n) is 4.75. The summed E-state index contributed by atoms with van der Waals surface area (Å²) in [4.78, 5) is 17.4. The molecule has 3 aromatic carbocycles. The Labute approximate surface area is 167 Å². The Balaban J connectivity index is 0.000000793. The van der Waals surface area contributed by atoms with Gasteiger partial charge in [-0.3, -0.25) is 12.6 Å². The Bertz CT molecular complexity index is 619. The molecule has 26 heavy (non-hydrogen) atoms. The molecule has 0 aliphatic carbocycles. The molecule has 0 N–H and O–H groups in total. The second kappa shape index (κ2) is 15.2. The molecule has 3 rings (SSSR count). The van der Waals surface area contributed by atoms with Gasteiger partial charge in [-0.1, -0.05) is 91.0 Å². The Morgan fingerprint density at radius 2 is 0.731 bits per heavy atom. The van der Waals surface area contributed by atoms with Crippen molar-refractivity contribution in [3.05, 3.63) is 91.0 Å². The zero-order chi connectivity index (χ0) is 18.3. The predicted octanol–water partition coefficient (Wildman–Crippen LogP) is 3.67. The van der Waals surface area contributed by atoms with Crippen LogP contribution in [0.4, 0.5) is 0 Å². The number of benzene rings is 3. The summed E-state index contributed by atoms with van der Waals surface area (Å²) in [6.45, 7) is 2.64. The van der Waals surface area contributed by atoms with E-state index in [9.17, 15) is 0 Å². The van der Waals surface area contributed by atoms with Crippen molar-refractivity contribution in [3.63, 3.8) is 0 Å². The first kappa shape index (κ1) is 23.9.